The number of hydrogen-bond donors (Lipinski definition) is 1. The number of halogens is 3. The number of nitrogens with zero attached hydrogens (tertiary/aromatic N) is 1. The summed E-state index contributed by atoms with van der Waals surface area (Å²) >= 11 is 0. The predicted octanol–water partition coefficient (Wildman–Crippen LogP) is 3.08. The van der Waals surface area contributed by atoms with Gasteiger partial charge in [-0.1, -0.05) is 6.07 Å². The van der Waals surface area contributed by atoms with Crippen LogP contribution >= 0.6 is 0 Å². The molecule has 0 saturated carbocycles. The molecule has 0 spiro atoms. The van der Waals surface area contributed by atoms with Crippen LogP contribution in [0, 0.1) is 0 Å². The number of furan rings is 1. The van der Waals surface area contributed by atoms with Gasteiger partial charge in [0.25, 0.3) is 5.91 Å². The fraction of sp³-hybridized carbons (Fsp3) is 0.250. The quantitative estimate of drug-likeness (QED) is 0.910. The molecule has 2 aromatic rings. The second-order valence-corrected chi connectivity index (χ2v) is 4.95. The molecule has 1 N–H and O–H groups in total. The summed E-state index contributed by atoms with van der Waals surface area (Å²) in [5.74, 6) is -0.780. The van der Waals surface area contributed by atoms with Gasteiger partial charge in [-0.3, -0.25) is 9.59 Å². The molecule has 128 valence electrons. The van der Waals surface area contributed by atoms with Crippen molar-refractivity contribution in [1.82, 2.24) is 5.32 Å². The Morgan fingerprint density at radius 2 is 1.96 bits per heavy atom. The van der Waals surface area contributed by atoms with Gasteiger partial charge in [0, 0.05) is 25.7 Å². The highest BCUT2D eigenvalue weighted by Gasteiger charge is 2.31. The molecule has 24 heavy (non-hydrogen) atoms. The van der Waals surface area contributed by atoms with E-state index in [4.69, 9.17) is 4.42 Å². The number of rotatable bonds is 5. The number of anilines is 1. The summed E-state index contributed by atoms with van der Waals surface area (Å²) in [6.45, 7) is 1.34. The first-order valence-electron chi connectivity index (χ1n) is 7.06. The third kappa shape index (κ3) is 4.37. The van der Waals surface area contributed by atoms with Crippen LogP contribution in [-0.4, -0.2) is 24.9 Å². The van der Waals surface area contributed by atoms with E-state index in [1.54, 1.807) is 6.07 Å². The van der Waals surface area contributed by atoms with Crippen molar-refractivity contribution in [2.24, 2.45) is 0 Å². The Kier molecular flexibility index (Phi) is 5.28. The largest absolute Gasteiger partial charge is 0.459 e. The van der Waals surface area contributed by atoms with Crippen molar-refractivity contribution in [3.8, 4) is 0 Å². The summed E-state index contributed by atoms with van der Waals surface area (Å²) < 4.78 is 43.2. The van der Waals surface area contributed by atoms with E-state index in [1.807, 2.05) is 0 Å². The number of carbonyl (C=O) groups excluding carboxylic acids is 2. The molecule has 0 radical (unpaired) electrons. The molecule has 1 aromatic carbocycles. The Hall–Kier alpha value is -2.77. The molecular formula is C16H15F3N2O3. The highest BCUT2D eigenvalue weighted by molar-refractivity contribution is 5.93. The third-order valence-electron chi connectivity index (χ3n) is 3.23. The van der Waals surface area contributed by atoms with Crippen LogP contribution in [0.2, 0.25) is 0 Å². The topological polar surface area (TPSA) is 62.6 Å². The molecule has 0 saturated heterocycles. The van der Waals surface area contributed by atoms with Crippen molar-refractivity contribution in [1.29, 1.82) is 0 Å². The summed E-state index contributed by atoms with van der Waals surface area (Å²) in [5.41, 5.74) is -0.726. The zero-order valence-corrected chi connectivity index (χ0v) is 12.8. The lowest BCUT2D eigenvalue weighted by Crippen LogP contribution is -2.37. The highest BCUT2D eigenvalue weighted by Crippen LogP contribution is 2.31. The minimum atomic E-state index is -4.49. The average Bonchev–Trinajstić information content (AvgIpc) is 3.04. The molecule has 0 aliphatic heterocycles. The first kappa shape index (κ1) is 17.6. The van der Waals surface area contributed by atoms with Crippen LogP contribution < -0.4 is 10.2 Å². The molecule has 2 rings (SSSR count). The van der Waals surface area contributed by atoms with Crippen LogP contribution in [0.5, 0.6) is 0 Å². The molecule has 0 fully saturated rings. The van der Waals surface area contributed by atoms with Crippen LogP contribution in [0.4, 0.5) is 18.9 Å². The number of amides is 2. The van der Waals surface area contributed by atoms with Gasteiger partial charge in [-0.25, -0.2) is 0 Å². The van der Waals surface area contributed by atoms with Crippen molar-refractivity contribution in [3.63, 3.8) is 0 Å². The van der Waals surface area contributed by atoms with Gasteiger partial charge in [0.15, 0.2) is 5.76 Å². The molecule has 0 bridgehead atoms. The molecule has 0 atom stereocenters. The van der Waals surface area contributed by atoms with E-state index in [9.17, 15) is 22.8 Å². The molecule has 8 heteroatoms. The van der Waals surface area contributed by atoms with E-state index < -0.39 is 23.6 Å². The molecular weight excluding hydrogens is 325 g/mol. The first-order chi connectivity index (χ1) is 11.3. The predicted molar refractivity (Wildman–Crippen MR) is 80.5 cm³/mol. The van der Waals surface area contributed by atoms with Crippen molar-refractivity contribution in [2.45, 2.75) is 13.1 Å². The number of nitrogens with one attached hydrogen (secondary N) is 1. The summed E-state index contributed by atoms with van der Waals surface area (Å²) in [5, 5.41) is 2.54. The summed E-state index contributed by atoms with van der Waals surface area (Å²) in [6, 6.07) is 7.50. The van der Waals surface area contributed by atoms with E-state index >= 15 is 0 Å². The number of carbonyl (C=O) groups is 2. The summed E-state index contributed by atoms with van der Waals surface area (Å²) in [4.78, 5) is 24.6. The van der Waals surface area contributed by atoms with E-state index in [0.717, 1.165) is 17.0 Å². The van der Waals surface area contributed by atoms with Gasteiger partial charge in [-0.05, 0) is 30.3 Å². The third-order valence-corrected chi connectivity index (χ3v) is 3.23. The Labute approximate surface area is 136 Å². The van der Waals surface area contributed by atoms with E-state index in [1.165, 1.54) is 31.4 Å². The zero-order chi connectivity index (χ0) is 17.7. The minimum absolute atomic E-state index is 0.0308. The molecule has 5 nitrogen and oxygen atoms in total. The maximum absolute atomic E-state index is 12.8. The van der Waals surface area contributed by atoms with Crippen molar-refractivity contribution in [2.75, 3.05) is 18.0 Å². The molecule has 0 aliphatic carbocycles. The van der Waals surface area contributed by atoms with Gasteiger partial charge >= 0.3 is 6.18 Å². The van der Waals surface area contributed by atoms with Crippen molar-refractivity contribution >= 4 is 17.5 Å². The molecule has 2 amide bonds. The van der Waals surface area contributed by atoms with Crippen LogP contribution in [0.3, 0.4) is 0 Å². The van der Waals surface area contributed by atoms with Gasteiger partial charge in [-0.2, -0.15) is 13.2 Å². The fourth-order valence-corrected chi connectivity index (χ4v) is 2.09. The van der Waals surface area contributed by atoms with E-state index in [-0.39, 0.29) is 24.5 Å². The normalized spacial score (nSPS) is 11.2. The van der Waals surface area contributed by atoms with Gasteiger partial charge in [-0.15, -0.1) is 0 Å². The van der Waals surface area contributed by atoms with Crippen LogP contribution in [0.25, 0.3) is 0 Å². The first-order valence-corrected chi connectivity index (χ1v) is 7.06. The SMILES string of the molecule is CC(=O)N(CCNC(=O)c1ccco1)c1cccc(C(F)(F)F)c1. The summed E-state index contributed by atoms with van der Waals surface area (Å²) in [6.07, 6.45) is -3.15. The number of alkyl halides is 3. The number of hydrogen-bond acceptors (Lipinski definition) is 3. The number of benzene rings is 1. The average molecular weight is 340 g/mol. The van der Waals surface area contributed by atoms with E-state index in [0.29, 0.717) is 0 Å². The fourth-order valence-electron chi connectivity index (χ4n) is 2.09. The second kappa shape index (κ2) is 7.20. The zero-order valence-electron chi connectivity index (χ0n) is 12.8. The standard InChI is InChI=1S/C16H15F3N2O3/c1-11(22)21(8-7-20-15(23)14-6-3-9-24-14)13-5-2-4-12(10-13)16(17,18)19/h2-6,9-10H,7-8H2,1H3,(H,20,23). The van der Waals surface area contributed by atoms with Crippen LogP contribution in [0.15, 0.2) is 47.1 Å². The minimum Gasteiger partial charge on any atom is -0.459 e. The van der Waals surface area contributed by atoms with Crippen molar-refractivity contribution < 1.29 is 27.2 Å². The monoisotopic (exact) mass is 340 g/mol. The molecule has 1 aromatic heterocycles. The van der Waals surface area contributed by atoms with Gasteiger partial charge < -0.3 is 14.6 Å². The Morgan fingerprint density at radius 3 is 2.54 bits per heavy atom. The Balaban J connectivity index is 2.05. The van der Waals surface area contributed by atoms with Gasteiger partial charge in [0.05, 0.1) is 11.8 Å². The van der Waals surface area contributed by atoms with E-state index in [2.05, 4.69) is 5.32 Å². The molecule has 0 aliphatic rings. The second-order valence-electron chi connectivity index (χ2n) is 4.95. The van der Waals surface area contributed by atoms with Gasteiger partial charge in [0.1, 0.15) is 0 Å². The highest BCUT2D eigenvalue weighted by atomic mass is 19.4. The van der Waals surface area contributed by atoms with Crippen molar-refractivity contribution in [3.05, 3.63) is 54.0 Å². The van der Waals surface area contributed by atoms with Gasteiger partial charge in [0.2, 0.25) is 5.91 Å². The smallest absolute Gasteiger partial charge is 0.416 e. The summed E-state index contributed by atoms with van der Waals surface area (Å²) in [7, 11) is 0. The lowest BCUT2D eigenvalue weighted by molar-refractivity contribution is -0.137. The lowest BCUT2D eigenvalue weighted by Gasteiger charge is -2.22. The molecule has 0 unspecified atom stereocenters. The van der Waals surface area contributed by atoms with Crippen LogP contribution in [0.1, 0.15) is 23.0 Å². The van der Waals surface area contributed by atoms with Crippen LogP contribution in [-0.2, 0) is 11.0 Å². The lowest BCUT2D eigenvalue weighted by atomic mass is 10.2. The Bertz CT molecular complexity index is 712. The Morgan fingerprint density at radius 1 is 1.21 bits per heavy atom. The maximum Gasteiger partial charge on any atom is 0.416 e. The molecule has 1 heterocycles. The maximum atomic E-state index is 12.8.